The van der Waals surface area contributed by atoms with Gasteiger partial charge in [0.2, 0.25) is 0 Å². The number of carboxylic acids is 1. The van der Waals surface area contributed by atoms with Crippen LogP contribution >= 0.6 is 11.6 Å². The molecule has 1 rings (SSSR count). The summed E-state index contributed by atoms with van der Waals surface area (Å²) in [6.07, 6.45) is 0.379. The number of nitrogens with one attached hydrogen (secondary N) is 2. The zero-order valence-corrected chi connectivity index (χ0v) is 11.6. The van der Waals surface area contributed by atoms with Crippen molar-refractivity contribution in [3.05, 3.63) is 28.8 Å². The van der Waals surface area contributed by atoms with Crippen LogP contribution in [0, 0.1) is 12.8 Å². The lowest BCUT2D eigenvalue weighted by atomic mass is 10.1. The fourth-order valence-electron chi connectivity index (χ4n) is 1.47. The Morgan fingerprint density at radius 2 is 2.11 bits per heavy atom. The fraction of sp³-hybridized carbons (Fsp3) is 0.385. The van der Waals surface area contributed by atoms with Gasteiger partial charge in [-0.1, -0.05) is 30.7 Å². The maximum atomic E-state index is 11.6. The predicted octanol–water partition coefficient (Wildman–Crippen LogP) is 2.88. The van der Waals surface area contributed by atoms with E-state index in [9.17, 15) is 9.59 Å². The second kappa shape index (κ2) is 6.99. The third-order valence-electron chi connectivity index (χ3n) is 2.74. The van der Waals surface area contributed by atoms with Crippen molar-refractivity contribution in [1.82, 2.24) is 5.32 Å². The van der Waals surface area contributed by atoms with Crippen molar-refractivity contribution < 1.29 is 14.7 Å². The van der Waals surface area contributed by atoms with Crippen LogP contribution in [0.4, 0.5) is 10.5 Å². The summed E-state index contributed by atoms with van der Waals surface area (Å²) in [6.45, 7) is 3.73. The highest BCUT2D eigenvalue weighted by molar-refractivity contribution is 6.33. The lowest BCUT2D eigenvalue weighted by Gasteiger charge is -2.12. The number of benzene rings is 1. The van der Waals surface area contributed by atoms with E-state index in [4.69, 9.17) is 16.7 Å². The molecule has 0 aliphatic heterocycles. The van der Waals surface area contributed by atoms with Gasteiger partial charge in [-0.2, -0.15) is 0 Å². The van der Waals surface area contributed by atoms with E-state index >= 15 is 0 Å². The molecular weight excluding hydrogens is 268 g/mol. The number of carboxylic acid groups (broad SMARTS) is 1. The Balaban J connectivity index is 2.46. The summed E-state index contributed by atoms with van der Waals surface area (Å²) < 4.78 is 0. The van der Waals surface area contributed by atoms with E-state index in [-0.39, 0.29) is 0 Å². The topological polar surface area (TPSA) is 78.4 Å². The van der Waals surface area contributed by atoms with E-state index in [1.165, 1.54) is 0 Å². The Kier molecular flexibility index (Phi) is 5.63. The predicted molar refractivity (Wildman–Crippen MR) is 74.6 cm³/mol. The van der Waals surface area contributed by atoms with Crippen molar-refractivity contribution in [3.8, 4) is 0 Å². The Bertz CT molecular complexity index is 457. The number of para-hydroxylation sites is 1. The van der Waals surface area contributed by atoms with Gasteiger partial charge in [0.05, 0.1) is 16.6 Å². The molecule has 104 valence electrons. The minimum absolute atomic E-state index is 0.294. The van der Waals surface area contributed by atoms with E-state index in [0.29, 0.717) is 23.7 Å². The monoisotopic (exact) mass is 284 g/mol. The number of halogens is 1. The zero-order chi connectivity index (χ0) is 14.4. The zero-order valence-electron chi connectivity index (χ0n) is 10.9. The summed E-state index contributed by atoms with van der Waals surface area (Å²) in [5.41, 5.74) is 1.43. The first-order chi connectivity index (χ1) is 8.91. The second-order valence-electron chi connectivity index (χ2n) is 4.34. The number of amides is 2. The van der Waals surface area contributed by atoms with Crippen molar-refractivity contribution in [3.63, 3.8) is 0 Å². The largest absolute Gasteiger partial charge is 0.481 e. The standard InChI is InChI=1S/C13H17ClN2O3/c1-8-4-3-5-10(14)11(8)16-13(19)15-7-6-9(2)12(17)18/h3-5,9H,6-7H2,1-2H3,(H,17,18)(H2,15,16,19). The van der Waals surface area contributed by atoms with E-state index in [1.54, 1.807) is 19.1 Å². The third-order valence-corrected chi connectivity index (χ3v) is 3.06. The number of aryl methyl sites for hydroxylation is 1. The average molecular weight is 285 g/mol. The molecule has 0 radical (unpaired) electrons. The summed E-state index contributed by atoms with van der Waals surface area (Å²) in [6, 6.07) is 4.94. The van der Waals surface area contributed by atoms with Gasteiger partial charge in [0.25, 0.3) is 0 Å². The van der Waals surface area contributed by atoms with Crippen molar-refractivity contribution in [1.29, 1.82) is 0 Å². The summed E-state index contributed by atoms with van der Waals surface area (Å²) in [7, 11) is 0. The molecule has 0 aromatic heterocycles. The quantitative estimate of drug-likeness (QED) is 0.778. The van der Waals surface area contributed by atoms with Gasteiger partial charge < -0.3 is 15.7 Å². The first-order valence-corrected chi connectivity index (χ1v) is 6.32. The summed E-state index contributed by atoms with van der Waals surface area (Å²) in [5.74, 6) is -1.36. The van der Waals surface area contributed by atoms with Crippen LogP contribution < -0.4 is 10.6 Å². The number of carbonyl (C=O) groups excluding carboxylic acids is 1. The molecule has 0 bridgehead atoms. The average Bonchev–Trinajstić information content (AvgIpc) is 2.33. The molecule has 1 aromatic carbocycles. The molecule has 0 fully saturated rings. The number of hydrogen-bond donors (Lipinski definition) is 3. The highest BCUT2D eigenvalue weighted by atomic mass is 35.5. The van der Waals surface area contributed by atoms with Crippen LogP contribution in [-0.2, 0) is 4.79 Å². The molecule has 6 heteroatoms. The number of anilines is 1. The van der Waals surface area contributed by atoms with Gasteiger partial charge in [-0.3, -0.25) is 4.79 Å². The van der Waals surface area contributed by atoms with Gasteiger partial charge >= 0.3 is 12.0 Å². The van der Waals surface area contributed by atoms with Gasteiger partial charge in [0.1, 0.15) is 0 Å². The molecule has 0 spiro atoms. The van der Waals surface area contributed by atoms with Crippen LogP contribution in [0.25, 0.3) is 0 Å². The molecule has 1 unspecified atom stereocenters. The molecule has 3 N–H and O–H groups in total. The highest BCUT2D eigenvalue weighted by Gasteiger charge is 2.12. The second-order valence-corrected chi connectivity index (χ2v) is 4.75. The minimum atomic E-state index is -0.871. The first-order valence-electron chi connectivity index (χ1n) is 5.94. The number of hydrogen-bond acceptors (Lipinski definition) is 2. The van der Waals surface area contributed by atoms with Crippen LogP contribution in [0.2, 0.25) is 5.02 Å². The van der Waals surface area contributed by atoms with Gasteiger partial charge in [0.15, 0.2) is 0 Å². The van der Waals surface area contributed by atoms with Gasteiger partial charge in [-0.05, 0) is 25.0 Å². The Hall–Kier alpha value is -1.75. The van der Waals surface area contributed by atoms with Crippen molar-refractivity contribution in [2.45, 2.75) is 20.3 Å². The Labute approximate surface area is 117 Å². The Morgan fingerprint density at radius 3 is 2.68 bits per heavy atom. The van der Waals surface area contributed by atoms with Crippen molar-refractivity contribution in [2.75, 3.05) is 11.9 Å². The van der Waals surface area contributed by atoms with Gasteiger partial charge in [0, 0.05) is 6.54 Å². The van der Waals surface area contributed by atoms with Crippen LogP contribution in [0.5, 0.6) is 0 Å². The maximum absolute atomic E-state index is 11.6. The third kappa shape index (κ3) is 4.79. The van der Waals surface area contributed by atoms with Crippen molar-refractivity contribution in [2.24, 2.45) is 5.92 Å². The van der Waals surface area contributed by atoms with E-state index in [2.05, 4.69) is 10.6 Å². The molecule has 1 aromatic rings. The molecule has 5 nitrogen and oxygen atoms in total. The Morgan fingerprint density at radius 1 is 1.42 bits per heavy atom. The summed E-state index contributed by atoms with van der Waals surface area (Å²) >= 11 is 5.98. The summed E-state index contributed by atoms with van der Waals surface area (Å²) in [5, 5.41) is 14.4. The van der Waals surface area contributed by atoms with E-state index in [0.717, 1.165) is 5.56 Å². The molecule has 0 saturated heterocycles. The van der Waals surface area contributed by atoms with E-state index in [1.807, 2.05) is 13.0 Å². The highest BCUT2D eigenvalue weighted by Crippen LogP contribution is 2.24. The normalized spacial score (nSPS) is 11.7. The number of urea groups is 1. The molecule has 0 heterocycles. The van der Waals surface area contributed by atoms with Crippen LogP contribution in [0.3, 0.4) is 0 Å². The molecule has 0 saturated carbocycles. The molecule has 19 heavy (non-hydrogen) atoms. The fourth-order valence-corrected chi connectivity index (χ4v) is 1.74. The van der Waals surface area contributed by atoms with E-state index < -0.39 is 17.9 Å². The van der Waals surface area contributed by atoms with Gasteiger partial charge in [-0.25, -0.2) is 4.79 Å². The molecular formula is C13H17ClN2O3. The van der Waals surface area contributed by atoms with Gasteiger partial charge in [-0.15, -0.1) is 0 Å². The molecule has 0 aliphatic rings. The minimum Gasteiger partial charge on any atom is -0.481 e. The SMILES string of the molecule is Cc1cccc(Cl)c1NC(=O)NCCC(C)C(=O)O. The van der Waals surface area contributed by atoms with Crippen molar-refractivity contribution >= 4 is 29.3 Å². The number of aliphatic carboxylic acids is 1. The van der Waals surface area contributed by atoms with Crippen LogP contribution in [0.1, 0.15) is 18.9 Å². The lowest BCUT2D eigenvalue weighted by Crippen LogP contribution is -2.31. The molecule has 1 atom stereocenters. The maximum Gasteiger partial charge on any atom is 0.319 e. The number of rotatable bonds is 5. The van der Waals surface area contributed by atoms with Crippen LogP contribution in [-0.4, -0.2) is 23.7 Å². The number of carbonyl (C=O) groups is 2. The lowest BCUT2D eigenvalue weighted by molar-refractivity contribution is -0.141. The molecule has 0 aliphatic carbocycles. The summed E-state index contributed by atoms with van der Waals surface area (Å²) in [4.78, 5) is 22.2. The van der Waals surface area contributed by atoms with Crippen LogP contribution in [0.15, 0.2) is 18.2 Å². The smallest absolute Gasteiger partial charge is 0.319 e. The molecule has 2 amide bonds. The first kappa shape index (κ1) is 15.3.